The van der Waals surface area contributed by atoms with Gasteiger partial charge in [-0.1, -0.05) is 53.6 Å². The number of benzene rings is 3. The molecule has 174 valence electrons. The fraction of sp³-hybridized carbons (Fsp3) is 0.185. The summed E-state index contributed by atoms with van der Waals surface area (Å²) in [5.74, 6) is 1.46. The molecule has 3 aromatic carbocycles. The second-order valence-electron chi connectivity index (χ2n) is 8.74. The van der Waals surface area contributed by atoms with Crippen molar-refractivity contribution in [2.75, 3.05) is 31.1 Å². The molecule has 1 aliphatic heterocycles. The lowest BCUT2D eigenvalue weighted by atomic mass is 10.1. The highest BCUT2D eigenvalue weighted by Gasteiger charge is 2.27. The van der Waals surface area contributed by atoms with Crippen LogP contribution in [-0.4, -0.2) is 56.6 Å². The quantitative estimate of drug-likeness (QED) is 0.367. The van der Waals surface area contributed by atoms with Crippen molar-refractivity contribution in [1.82, 2.24) is 24.5 Å². The number of hydrogen-bond donors (Lipinski definition) is 0. The Labute approximate surface area is 207 Å². The van der Waals surface area contributed by atoms with E-state index in [1.54, 1.807) is 0 Å². The van der Waals surface area contributed by atoms with Gasteiger partial charge in [0.15, 0.2) is 11.5 Å². The van der Waals surface area contributed by atoms with Crippen LogP contribution in [0.3, 0.4) is 0 Å². The number of piperazine rings is 1. The van der Waals surface area contributed by atoms with E-state index in [0.717, 1.165) is 39.2 Å². The molecule has 3 heterocycles. The van der Waals surface area contributed by atoms with Crippen LogP contribution in [0, 0.1) is 6.92 Å². The van der Waals surface area contributed by atoms with E-state index in [2.05, 4.69) is 15.1 Å². The second kappa shape index (κ2) is 8.67. The van der Waals surface area contributed by atoms with Gasteiger partial charge in [-0.3, -0.25) is 4.79 Å². The number of hydrogen-bond acceptors (Lipinski definition) is 5. The average Bonchev–Trinajstić information content (AvgIpc) is 3.33. The summed E-state index contributed by atoms with van der Waals surface area (Å²) in [5.41, 5.74) is 4.19. The molecule has 1 amide bonds. The van der Waals surface area contributed by atoms with Gasteiger partial charge in [-0.05, 0) is 43.3 Å². The molecule has 0 bridgehead atoms. The Morgan fingerprint density at radius 1 is 0.886 bits per heavy atom. The lowest BCUT2D eigenvalue weighted by Gasteiger charge is -2.35. The third-order valence-electron chi connectivity index (χ3n) is 6.46. The Hall–Kier alpha value is -3.97. The van der Waals surface area contributed by atoms with E-state index in [0.29, 0.717) is 37.0 Å². The van der Waals surface area contributed by atoms with Crippen LogP contribution in [0.2, 0.25) is 5.02 Å². The number of nitrogens with zero attached hydrogens (tertiary/aromatic N) is 6. The van der Waals surface area contributed by atoms with Crippen molar-refractivity contribution < 1.29 is 4.79 Å². The van der Waals surface area contributed by atoms with Crippen LogP contribution in [0.15, 0.2) is 72.8 Å². The fourth-order valence-corrected chi connectivity index (χ4v) is 4.89. The van der Waals surface area contributed by atoms with Crippen LogP contribution in [0.25, 0.3) is 27.9 Å². The molecule has 1 saturated heterocycles. The van der Waals surface area contributed by atoms with Crippen molar-refractivity contribution in [2.45, 2.75) is 6.92 Å². The van der Waals surface area contributed by atoms with E-state index >= 15 is 0 Å². The average molecular weight is 483 g/mol. The van der Waals surface area contributed by atoms with Gasteiger partial charge in [0.1, 0.15) is 0 Å². The monoisotopic (exact) mass is 482 g/mol. The molecule has 0 atom stereocenters. The highest BCUT2D eigenvalue weighted by Crippen LogP contribution is 2.32. The first-order valence-electron chi connectivity index (χ1n) is 11.6. The maximum Gasteiger partial charge on any atom is 0.253 e. The zero-order valence-electron chi connectivity index (χ0n) is 19.2. The van der Waals surface area contributed by atoms with Crippen molar-refractivity contribution in [3.05, 3.63) is 88.9 Å². The Kier molecular flexibility index (Phi) is 5.34. The minimum atomic E-state index is 0.0611. The zero-order valence-corrected chi connectivity index (χ0v) is 20.0. The largest absolute Gasteiger partial charge is 0.338 e. The molecule has 1 aliphatic rings. The lowest BCUT2D eigenvalue weighted by molar-refractivity contribution is 0.0746. The van der Waals surface area contributed by atoms with Gasteiger partial charge in [0.25, 0.3) is 5.91 Å². The van der Waals surface area contributed by atoms with Gasteiger partial charge in [-0.2, -0.15) is 0 Å². The second-order valence-corrected chi connectivity index (χ2v) is 9.15. The molecule has 0 unspecified atom stereocenters. The summed E-state index contributed by atoms with van der Waals surface area (Å²) in [4.78, 5) is 22.2. The summed E-state index contributed by atoms with van der Waals surface area (Å²) >= 11 is 6.54. The molecule has 0 spiro atoms. The van der Waals surface area contributed by atoms with Crippen molar-refractivity contribution in [3.8, 4) is 11.4 Å². The number of anilines is 1. The first kappa shape index (κ1) is 21.6. The summed E-state index contributed by atoms with van der Waals surface area (Å²) in [6.07, 6.45) is 0. The number of rotatable bonds is 3. The maximum absolute atomic E-state index is 13.1. The van der Waals surface area contributed by atoms with Gasteiger partial charge >= 0.3 is 0 Å². The molecule has 0 saturated carbocycles. The van der Waals surface area contributed by atoms with Gasteiger partial charge in [0.05, 0.1) is 10.5 Å². The van der Waals surface area contributed by atoms with Crippen molar-refractivity contribution in [1.29, 1.82) is 0 Å². The summed E-state index contributed by atoms with van der Waals surface area (Å²) in [7, 11) is 0. The van der Waals surface area contributed by atoms with E-state index in [1.807, 2.05) is 89.0 Å². The smallest absolute Gasteiger partial charge is 0.253 e. The molecular formula is C27H23ClN6O. The van der Waals surface area contributed by atoms with E-state index in [1.165, 1.54) is 0 Å². The Morgan fingerprint density at radius 2 is 1.66 bits per heavy atom. The van der Waals surface area contributed by atoms with E-state index in [9.17, 15) is 4.79 Å². The highest BCUT2D eigenvalue weighted by atomic mass is 35.5. The van der Waals surface area contributed by atoms with Gasteiger partial charge in [-0.25, -0.2) is 9.38 Å². The molecule has 1 fully saturated rings. The third-order valence-corrected chi connectivity index (χ3v) is 6.79. The van der Waals surface area contributed by atoms with Gasteiger partial charge in [0.2, 0.25) is 5.95 Å². The number of aromatic nitrogens is 4. The van der Waals surface area contributed by atoms with Crippen molar-refractivity contribution in [2.24, 2.45) is 0 Å². The number of halogens is 1. The minimum absolute atomic E-state index is 0.0611. The van der Waals surface area contributed by atoms with Crippen LogP contribution >= 0.6 is 11.6 Å². The van der Waals surface area contributed by atoms with E-state index < -0.39 is 0 Å². The lowest BCUT2D eigenvalue weighted by Crippen LogP contribution is -2.49. The highest BCUT2D eigenvalue weighted by molar-refractivity contribution is 6.33. The zero-order chi connectivity index (χ0) is 23.9. The summed E-state index contributed by atoms with van der Waals surface area (Å²) in [6, 6.07) is 23.3. The van der Waals surface area contributed by atoms with Gasteiger partial charge in [-0.15, -0.1) is 10.2 Å². The summed E-state index contributed by atoms with van der Waals surface area (Å²) < 4.78 is 1.99. The van der Waals surface area contributed by atoms with Gasteiger partial charge < -0.3 is 9.80 Å². The molecule has 7 nitrogen and oxygen atoms in total. The first-order chi connectivity index (χ1) is 17.1. The van der Waals surface area contributed by atoms with Gasteiger partial charge in [0, 0.05) is 42.7 Å². The predicted octanol–water partition coefficient (Wildman–Crippen LogP) is 4.87. The normalized spacial score (nSPS) is 14.1. The summed E-state index contributed by atoms with van der Waals surface area (Å²) in [5, 5.41) is 10.6. The fourth-order valence-electron chi connectivity index (χ4n) is 4.67. The maximum atomic E-state index is 13.1. The van der Waals surface area contributed by atoms with Crippen molar-refractivity contribution >= 4 is 40.0 Å². The molecule has 0 radical (unpaired) electrons. The van der Waals surface area contributed by atoms with E-state index in [4.69, 9.17) is 16.6 Å². The molecule has 0 N–H and O–H groups in total. The Morgan fingerprint density at radius 3 is 2.46 bits per heavy atom. The number of amides is 1. The van der Waals surface area contributed by atoms with Crippen LogP contribution in [0.1, 0.15) is 15.9 Å². The first-order valence-corrected chi connectivity index (χ1v) is 12.0. The van der Waals surface area contributed by atoms with E-state index in [-0.39, 0.29) is 5.91 Å². The molecule has 0 aliphatic carbocycles. The number of para-hydroxylation sites is 1. The third kappa shape index (κ3) is 3.78. The van der Waals surface area contributed by atoms with Crippen LogP contribution in [-0.2, 0) is 0 Å². The van der Waals surface area contributed by atoms with Crippen LogP contribution < -0.4 is 4.90 Å². The molecule has 6 rings (SSSR count). The number of carbonyl (C=O) groups is 1. The molecule has 35 heavy (non-hydrogen) atoms. The number of fused-ring (bicyclic) bond motifs is 3. The number of carbonyl (C=O) groups excluding carboxylic acids is 1. The van der Waals surface area contributed by atoms with Crippen LogP contribution in [0.5, 0.6) is 0 Å². The SMILES string of the molecule is Cc1cccc(C(=O)N2CCN(c3nc4ccccc4c4nnc(-c5ccccc5Cl)n34)CC2)c1. The van der Waals surface area contributed by atoms with Crippen molar-refractivity contribution in [3.63, 3.8) is 0 Å². The molecule has 2 aromatic heterocycles. The minimum Gasteiger partial charge on any atom is -0.338 e. The molecule has 5 aromatic rings. The van der Waals surface area contributed by atoms with Crippen LogP contribution in [0.4, 0.5) is 5.95 Å². The standard InChI is InChI=1S/C27H23ClN6O/c1-18-7-6-8-19(17-18)26(35)32-13-15-33(16-14-32)27-29-23-12-5-3-10-21(23)25-31-30-24(34(25)27)20-9-2-4-11-22(20)28/h2-12,17H,13-16H2,1H3. The Balaban J connectivity index is 1.39. The Bertz CT molecular complexity index is 1570. The summed E-state index contributed by atoms with van der Waals surface area (Å²) in [6.45, 7) is 4.51. The molecule has 8 heteroatoms. The predicted molar refractivity (Wildman–Crippen MR) is 138 cm³/mol. The topological polar surface area (TPSA) is 66.6 Å². The molecular weight excluding hydrogens is 460 g/mol. The number of aryl methyl sites for hydroxylation is 1.